The predicted molar refractivity (Wildman–Crippen MR) is 69.1 cm³/mol. The lowest BCUT2D eigenvalue weighted by atomic mass is 10.1. The first-order chi connectivity index (χ1) is 8.97. The highest BCUT2D eigenvalue weighted by Gasteiger charge is 2.14. The summed E-state index contributed by atoms with van der Waals surface area (Å²) in [6, 6.07) is 4.63. The Hall–Kier alpha value is -2.70. The summed E-state index contributed by atoms with van der Waals surface area (Å²) < 4.78 is 5.55. The second-order valence-corrected chi connectivity index (χ2v) is 4.02. The van der Waals surface area contributed by atoms with E-state index in [0.29, 0.717) is 22.8 Å². The Morgan fingerprint density at radius 1 is 1.32 bits per heavy atom. The zero-order valence-corrected chi connectivity index (χ0v) is 10.5. The minimum absolute atomic E-state index is 0.0621. The number of nitrogens with zero attached hydrogens (tertiary/aromatic N) is 3. The number of hydrogen-bond donors (Lipinski definition) is 1. The molecule has 0 aliphatic rings. The summed E-state index contributed by atoms with van der Waals surface area (Å²) in [6.07, 6.45) is 1.48. The van der Waals surface area contributed by atoms with Crippen LogP contribution in [0.25, 0.3) is 0 Å². The highest BCUT2D eigenvalue weighted by molar-refractivity contribution is 5.50. The van der Waals surface area contributed by atoms with Crippen molar-refractivity contribution in [1.82, 2.24) is 9.97 Å². The first-order valence-corrected chi connectivity index (χ1v) is 5.49. The largest absolute Gasteiger partial charge is 0.439 e. The van der Waals surface area contributed by atoms with Crippen LogP contribution in [0, 0.1) is 24.0 Å². The van der Waals surface area contributed by atoms with Crippen LogP contribution in [-0.2, 0) is 0 Å². The van der Waals surface area contributed by atoms with Crippen LogP contribution in [0.5, 0.6) is 11.6 Å². The number of rotatable bonds is 3. The van der Waals surface area contributed by atoms with Crippen molar-refractivity contribution in [2.75, 3.05) is 5.73 Å². The quantitative estimate of drug-likeness (QED) is 0.671. The summed E-state index contributed by atoms with van der Waals surface area (Å²) in [6.45, 7) is 3.38. The molecule has 98 valence electrons. The smallest absolute Gasteiger partial charge is 0.272 e. The Kier molecular flexibility index (Phi) is 3.28. The fourth-order valence-corrected chi connectivity index (χ4v) is 1.61. The van der Waals surface area contributed by atoms with E-state index in [2.05, 4.69) is 9.97 Å². The SMILES string of the molecule is Cc1cc([N+](=O)[O-])c(C)cc1Oc1ccnc(N)n1. The molecule has 0 radical (unpaired) electrons. The Balaban J connectivity index is 2.36. The maximum atomic E-state index is 10.8. The molecule has 0 unspecified atom stereocenters. The van der Waals surface area contributed by atoms with Gasteiger partial charge >= 0.3 is 0 Å². The van der Waals surface area contributed by atoms with Gasteiger partial charge in [-0.1, -0.05) is 0 Å². The molecule has 2 aromatic rings. The van der Waals surface area contributed by atoms with Crippen LogP contribution >= 0.6 is 0 Å². The molecule has 0 bridgehead atoms. The molecule has 1 aromatic heterocycles. The number of nitrogen functional groups attached to an aromatic ring is 1. The topological polar surface area (TPSA) is 104 Å². The second kappa shape index (κ2) is 4.89. The van der Waals surface area contributed by atoms with Crippen molar-refractivity contribution in [1.29, 1.82) is 0 Å². The number of aryl methyl sites for hydroxylation is 2. The van der Waals surface area contributed by atoms with Gasteiger partial charge in [-0.2, -0.15) is 4.98 Å². The molecule has 2 N–H and O–H groups in total. The molecule has 0 amide bonds. The van der Waals surface area contributed by atoms with Gasteiger partial charge in [-0.15, -0.1) is 0 Å². The average Bonchev–Trinajstić information content (AvgIpc) is 2.33. The Morgan fingerprint density at radius 3 is 2.68 bits per heavy atom. The Morgan fingerprint density at radius 2 is 2.05 bits per heavy atom. The maximum Gasteiger partial charge on any atom is 0.272 e. The van der Waals surface area contributed by atoms with E-state index in [4.69, 9.17) is 10.5 Å². The molecular formula is C12H12N4O3. The predicted octanol–water partition coefficient (Wildman–Crippen LogP) is 2.38. The number of anilines is 1. The molecule has 7 nitrogen and oxygen atoms in total. The first kappa shape index (κ1) is 12.7. The van der Waals surface area contributed by atoms with Crippen molar-refractivity contribution >= 4 is 11.6 Å². The summed E-state index contributed by atoms with van der Waals surface area (Å²) in [5.74, 6) is 0.902. The molecule has 0 aliphatic heterocycles. The number of ether oxygens (including phenoxy) is 1. The molecule has 19 heavy (non-hydrogen) atoms. The van der Waals surface area contributed by atoms with Gasteiger partial charge < -0.3 is 10.5 Å². The van der Waals surface area contributed by atoms with Gasteiger partial charge in [0, 0.05) is 23.9 Å². The van der Waals surface area contributed by atoms with Crippen molar-refractivity contribution in [3.05, 3.63) is 45.6 Å². The maximum absolute atomic E-state index is 10.8. The third kappa shape index (κ3) is 2.76. The van der Waals surface area contributed by atoms with E-state index in [-0.39, 0.29) is 11.6 Å². The molecule has 7 heteroatoms. The zero-order chi connectivity index (χ0) is 14.0. The van der Waals surface area contributed by atoms with Gasteiger partial charge in [-0.05, 0) is 25.5 Å². The average molecular weight is 260 g/mol. The molecule has 0 fully saturated rings. The van der Waals surface area contributed by atoms with Crippen LogP contribution < -0.4 is 10.5 Å². The minimum Gasteiger partial charge on any atom is -0.439 e. The number of hydrogen-bond acceptors (Lipinski definition) is 6. The lowest BCUT2D eigenvalue weighted by molar-refractivity contribution is -0.385. The summed E-state index contributed by atoms with van der Waals surface area (Å²) >= 11 is 0. The molecule has 2 rings (SSSR count). The molecule has 0 aliphatic carbocycles. The van der Waals surface area contributed by atoms with E-state index in [1.807, 2.05) is 0 Å². The number of benzene rings is 1. The lowest BCUT2D eigenvalue weighted by Crippen LogP contribution is -1.98. The van der Waals surface area contributed by atoms with Crippen LogP contribution in [0.2, 0.25) is 0 Å². The second-order valence-electron chi connectivity index (χ2n) is 4.02. The van der Waals surface area contributed by atoms with Crippen LogP contribution in [0.1, 0.15) is 11.1 Å². The fourth-order valence-electron chi connectivity index (χ4n) is 1.61. The molecule has 0 saturated heterocycles. The third-order valence-corrected chi connectivity index (χ3v) is 2.55. The van der Waals surface area contributed by atoms with Gasteiger partial charge in [0.2, 0.25) is 11.8 Å². The molecule has 0 spiro atoms. The van der Waals surface area contributed by atoms with Gasteiger partial charge in [-0.25, -0.2) is 4.98 Å². The number of aromatic nitrogens is 2. The number of nitro benzene ring substituents is 1. The van der Waals surface area contributed by atoms with Gasteiger partial charge in [0.1, 0.15) is 5.75 Å². The van der Waals surface area contributed by atoms with Crippen LogP contribution in [0.3, 0.4) is 0 Å². The highest BCUT2D eigenvalue weighted by atomic mass is 16.6. The van der Waals surface area contributed by atoms with Crippen molar-refractivity contribution in [3.63, 3.8) is 0 Å². The molecular weight excluding hydrogens is 248 g/mol. The van der Waals surface area contributed by atoms with Gasteiger partial charge in [0.05, 0.1) is 4.92 Å². The number of nitrogens with two attached hydrogens (primary N) is 1. The summed E-state index contributed by atoms with van der Waals surface area (Å²) in [4.78, 5) is 18.1. The van der Waals surface area contributed by atoms with Gasteiger partial charge in [-0.3, -0.25) is 10.1 Å². The Labute approximate surface area is 109 Å². The van der Waals surface area contributed by atoms with E-state index in [0.717, 1.165) is 0 Å². The standard InChI is InChI=1S/C12H12N4O3/c1-7-6-10(8(2)5-9(7)16(17)18)19-11-3-4-14-12(13)15-11/h3-6H,1-2H3,(H2,13,14,15). The Bertz CT molecular complexity index is 643. The summed E-state index contributed by atoms with van der Waals surface area (Å²) in [5, 5.41) is 10.8. The van der Waals surface area contributed by atoms with Gasteiger partial charge in [0.25, 0.3) is 5.69 Å². The van der Waals surface area contributed by atoms with E-state index < -0.39 is 4.92 Å². The zero-order valence-electron chi connectivity index (χ0n) is 10.5. The lowest BCUT2D eigenvalue weighted by Gasteiger charge is -2.09. The number of nitro groups is 1. The fraction of sp³-hybridized carbons (Fsp3) is 0.167. The van der Waals surface area contributed by atoms with E-state index in [1.165, 1.54) is 12.3 Å². The van der Waals surface area contributed by atoms with Crippen LogP contribution in [-0.4, -0.2) is 14.9 Å². The molecule has 1 heterocycles. The van der Waals surface area contributed by atoms with Crippen molar-refractivity contribution < 1.29 is 9.66 Å². The van der Waals surface area contributed by atoms with Crippen molar-refractivity contribution in [3.8, 4) is 11.6 Å². The van der Waals surface area contributed by atoms with Crippen LogP contribution in [0.15, 0.2) is 24.4 Å². The third-order valence-electron chi connectivity index (χ3n) is 2.55. The molecule has 0 atom stereocenters. The van der Waals surface area contributed by atoms with E-state index >= 15 is 0 Å². The van der Waals surface area contributed by atoms with E-state index in [1.54, 1.807) is 26.0 Å². The first-order valence-electron chi connectivity index (χ1n) is 5.49. The summed E-state index contributed by atoms with van der Waals surface area (Å²) in [7, 11) is 0. The molecule has 0 saturated carbocycles. The van der Waals surface area contributed by atoms with Crippen LogP contribution in [0.4, 0.5) is 11.6 Å². The highest BCUT2D eigenvalue weighted by Crippen LogP contribution is 2.30. The minimum atomic E-state index is -0.422. The van der Waals surface area contributed by atoms with E-state index in [9.17, 15) is 10.1 Å². The van der Waals surface area contributed by atoms with Crippen molar-refractivity contribution in [2.45, 2.75) is 13.8 Å². The monoisotopic (exact) mass is 260 g/mol. The summed E-state index contributed by atoms with van der Waals surface area (Å²) in [5.41, 5.74) is 6.68. The van der Waals surface area contributed by atoms with Gasteiger partial charge in [0.15, 0.2) is 0 Å². The van der Waals surface area contributed by atoms with Crippen molar-refractivity contribution in [2.24, 2.45) is 0 Å². The normalized spacial score (nSPS) is 10.2. The molecule has 1 aromatic carbocycles.